The number of carboxylic acid groups (broad SMARTS) is 1. The predicted octanol–water partition coefficient (Wildman–Crippen LogP) is 0.139. The molecule has 4 nitrogen and oxygen atoms in total. The van der Waals surface area contributed by atoms with Crippen LogP contribution in [0.15, 0.2) is 12.2 Å². The second-order valence-electron chi connectivity index (χ2n) is 2.77. The number of carbonyl (C=O) groups is 2. The minimum Gasteiger partial charge on any atom is -0.481 e. The second-order valence-corrected chi connectivity index (χ2v) is 2.77. The van der Waals surface area contributed by atoms with Crippen molar-refractivity contribution < 1.29 is 14.7 Å². The smallest absolute Gasteiger partial charge is 0.313 e. The molecule has 0 atom stereocenters. The van der Waals surface area contributed by atoms with Crippen LogP contribution in [0.1, 0.15) is 13.8 Å². The molecule has 0 fully saturated rings. The number of carboxylic acids is 1. The summed E-state index contributed by atoms with van der Waals surface area (Å²) >= 11 is 0. The van der Waals surface area contributed by atoms with E-state index in [4.69, 9.17) is 10.8 Å². The van der Waals surface area contributed by atoms with Crippen LogP contribution in [0.2, 0.25) is 0 Å². The molecule has 0 spiro atoms. The van der Waals surface area contributed by atoms with Gasteiger partial charge in [0.15, 0.2) is 0 Å². The van der Waals surface area contributed by atoms with E-state index in [1.54, 1.807) is 0 Å². The van der Waals surface area contributed by atoms with Gasteiger partial charge in [0.05, 0.1) is 5.41 Å². The lowest BCUT2D eigenvalue weighted by Crippen LogP contribution is -2.32. The molecular formula is C7H11NO3. The molecule has 0 aromatic heterocycles. The Labute approximate surface area is 64.7 Å². The quantitative estimate of drug-likeness (QED) is 0.572. The maximum Gasteiger partial charge on any atom is 0.313 e. The van der Waals surface area contributed by atoms with Crippen molar-refractivity contribution in [1.82, 2.24) is 0 Å². The number of primary amides is 1. The van der Waals surface area contributed by atoms with Gasteiger partial charge in [-0.1, -0.05) is 6.58 Å². The molecule has 11 heavy (non-hydrogen) atoms. The molecule has 0 unspecified atom stereocenters. The topological polar surface area (TPSA) is 80.4 Å². The van der Waals surface area contributed by atoms with E-state index < -0.39 is 17.3 Å². The van der Waals surface area contributed by atoms with Gasteiger partial charge in [0, 0.05) is 5.57 Å². The normalized spacial score (nSPS) is 10.7. The molecule has 0 radical (unpaired) electrons. The van der Waals surface area contributed by atoms with Gasteiger partial charge in [0.2, 0.25) is 5.91 Å². The Morgan fingerprint density at radius 1 is 1.45 bits per heavy atom. The fourth-order valence-corrected chi connectivity index (χ4v) is 0.437. The third kappa shape index (κ3) is 1.80. The first-order chi connectivity index (χ1) is 4.80. The Hall–Kier alpha value is -1.32. The number of aliphatic carboxylic acids is 1. The average Bonchev–Trinajstić information content (AvgIpc) is 1.85. The van der Waals surface area contributed by atoms with Gasteiger partial charge in [-0.15, -0.1) is 0 Å². The summed E-state index contributed by atoms with van der Waals surface area (Å²) in [6.07, 6.45) is 0. The van der Waals surface area contributed by atoms with E-state index in [-0.39, 0.29) is 5.57 Å². The van der Waals surface area contributed by atoms with Gasteiger partial charge in [-0.3, -0.25) is 9.59 Å². The molecule has 4 heteroatoms. The largest absolute Gasteiger partial charge is 0.481 e. The van der Waals surface area contributed by atoms with Crippen LogP contribution >= 0.6 is 0 Å². The van der Waals surface area contributed by atoms with Gasteiger partial charge in [-0.05, 0) is 13.8 Å². The number of rotatable bonds is 3. The van der Waals surface area contributed by atoms with E-state index in [1.807, 2.05) is 0 Å². The Morgan fingerprint density at radius 3 is 1.91 bits per heavy atom. The molecule has 0 aromatic carbocycles. The summed E-state index contributed by atoms with van der Waals surface area (Å²) in [4.78, 5) is 21.0. The number of nitrogens with two attached hydrogens (primary N) is 1. The molecule has 0 saturated heterocycles. The highest BCUT2D eigenvalue weighted by Crippen LogP contribution is 2.24. The van der Waals surface area contributed by atoms with Crippen LogP contribution in [-0.4, -0.2) is 17.0 Å². The molecule has 3 N–H and O–H groups in total. The fraction of sp³-hybridized carbons (Fsp3) is 0.429. The van der Waals surface area contributed by atoms with Crippen LogP contribution in [-0.2, 0) is 9.59 Å². The van der Waals surface area contributed by atoms with Crippen LogP contribution in [0.3, 0.4) is 0 Å². The van der Waals surface area contributed by atoms with Gasteiger partial charge in [-0.2, -0.15) is 0 Å². The molecule has 0 aromatic rings. The van der Waals surface area contributed by atoms with Crippen molar-refractivity contribution in [3.05, 3.63) is 12.2 Å². The fourth-order valence-electron chi connectivity index (χ4n) is 0.437. The van der Waals surface area contributed by atoms with E-state index in [0.29, 0.717) is 0 Å². The number of hydrogen-bond acceptors (Lipinski definition) is 2. The second kappa shape index (κ2) is 2.74. The van der Waals surface area contributed by atoms with Gasteiger partial charge in [0.1, 0.15) is 0 Å². The Bertz CT molecular complexity index is 218. The van der Waals surface area contributed by atoms with Crippen LogP contribution in [0.25, 0.3) is 0 Å². The van der Waals surface area contributed by atoms with Crippen molar-refractivity contribution in [1.29, 1.82) is 0 Å². The summed E-state index contributed by atoms with van der Waals surface area (Å²) in [5.41, 5.74) is 3.49. The highest BCUT2D eigenvalue weighted by atomic mass is 16.4. The van der Waals surface area contributed by atoms with E-state index in [1.165, 1.54) is 13.8 Å². The predicted molar refractivity (Wildman–Crippen MR) is 39.8 cm³/mol. The lowest BCUT2D eigenvalue weighted by atomic mass is 9.85. The van der Waals surface area contributed by atoms with Crippen LogP contribution in [0, 0.1) is 5.41 Å². The van der Waals surface area contributed by atoms with Gasteiger partial charge < -0.3 is 10.8 Å². The number of amides is 1. The lowest BCUT2D eigenvalue weighted by molar-refractivity contribution is -0.145. The first-order valence-corrected chi connectivity index (χ1v) is 3.02. The first-order valence-electron chi connectivity index (χ1n) is 3.02. The zero-order valence-corrected chi connectivity index (χ0v) is 6.55. The molecule has 0 aliphatic rings. The molecule has 0 heterocycles. The van der Waals surface area contributed by atoms with Crippen molar-refractivity contribution >= 4 is 11.9 Å². The standard InChI is InChI=1S/C7H11NO3/c1-4(5(8)9)7(2,3)6(10)11/h1H2,2-3H3,(H2,8,9)(H,10,11). The van der Waals surface area contributed by atoms with Crippen LogP contribution in [0.5, 0.6) is 0 Å². The molecular weight excluding hydrogens is 146 g/mol. The van der Waals surface area contributed by atoms with E-state index in [0.717, 1.165) is 0 Å². The third-order valence-corrected chi connectivity index (χ3v) is 1.59. The summed E-state index contributed by atoms with van der Waals surface area (Å²) in [6.45, 7) is 6.05. The number of carbonyl (C=O) groups excluding carboxylic acids is 1. The highest BCUT2D eigenvalue weighted by Gasteiger charge is 2.33. The Kier molecular flexibility index (Phi) is 2.41. The Morgan fingerprint density at radius 2 is 1.82 bits per heavy atom. The van der Waals surface area contributed by atoms with Crippen LogP contribution in [0.4, 0.5) is 0 Å². The maximum absolute atomic E-state index is 10.5. The molecule has 0 aliphatic carbocycles. The monoisotopic (exact) mass is 157 g/mol. The molecule has 0 bridgehead atoms. The molecule has 0 rings (SSSR count). The van der Waals surface area contributed by atoms with E-state index >= 15 is 0 Å². The lowest BCUT2D eigenvalue weighted by Gasteiger charge is -2.18. The maximum atomic E-state index is 10.5. The SMILES string of the molecule is C=C(C(N)=O)C(C)(C)C(=O)O. The minimum atomic E-state index is -1.27. The van der Waals surface area contributed by atoms with Gasteiger partial charge in [-0.25, -0.2) is 0 Å². The average molecular weight is 157 g/mol. The summed E-state index contributed by atoms with van der Waals surface area (Å²) in [5, 5.41) is 8.59. The first kappa shape index (κ1) is 9.68. The van der Waals surface area contributed by atoms with Crippen LogP contribution < -0.4 is 5.73 Å². The zero-order valence-electron chi connectivity index (χ0n) is 6.55. The third-order valence-electron chi connectivity index (χ3n) is 1.59. The molecule has 0 saturated carbocycles. The highest BCUT2D eigenvalue weighted by molar-refractivity contribution is 5.98. The minimum absolute atomic E-state index is 0.0926. The van der Waals surface area contributed by atoms with E-state index in [2.05, 4.69) is 6.58 Å². The van der Waals surface area contributed by atoms with Gasteiger partial charge >= 0.3 is 5.97 Å². The molecule has 1 amide bonds. The van der Waals surface area contributed by atoms with Crippen molar-refractivity contribution in [2.45, 2.75) is 13.8 Å². The zero-order chi connectivity index (χ0) is 9.23. The molecule has 62 valence electrons. The van der Waals surface area contributed by atoms with E-state index in [9.17, 15) is 9.59 Å². The summed E-state index contributed by atoms with van der Waals surface area (Å²) in [7, 11) is 0. The van der Waals surface area contributed by atoms with Crippen molar-refractivity contribution in [2.24, 2.45) is 11.1 Å². The summed E-state index contributed by atoms with van der Waals surface area (Å²) in [6, 6.07) is 0. The number of hydrogen-bond donors (Lipinski definition) is 2. The van der Waals surface area contributed by atoms with Crippen molar-refractivity contribution in [3.8, 4) is 0 Å². The van der Waals surface area contributed by atoms with Gasteiger partial charge in [0.25, 0.3) is 0 Å². The molecule has 0 aliphatic heterocycles. The summed E-state index contributed by atoms with van der Waals surface area (Å²) in [5.74, 6) is -1.89. The Balaban J connectivity index is 4.70. The van der Waals surface area contributed by atoms with Crippen molar-refractivity contribution in [2.75, 3.05) is 0 Å². The summed E-state index contributed by atoms with van der Waals surface area (Å²) < 4.78 is 0. The van der Waals surface area contributed by atoms with Crippen molar-refractivity contribution in [3.63, 3.8) is 0 Å².